The van der Waals surface area contributed by atoms with Gasteiger partial charge in [-0.1, -0.05) is 11.6 Å². The van der Waals surface area contributed by atoms with E-state index in [2.05, 4.69) is 32.0 Å². The fraction of sp³-hybridized carbons (Fsp3) is 0.385. The molecule has 3 aromatic heterocycles. The summed E-state index contributed by atoms with van der Waals surface area (Å²) in [6.07, 6.45) is 3.28. The summed E-state index contributed by atoms with van der Waals surface area (Å²) < 4.78 is 1.87. The van der Waals surface area contributed by atoms with E-state index in [0.717, 1.165) is 48.8 Å². The Kier molecular flexibility index (Phi) is 2.90. The number of aromatic nitrogens is 5. The molecular weight excluding hydrogens is 290 g/mol. The highest BCUT2D eigenvalue weighted by Crippen LogP contribution is 2.24. The molecule has 0 amide bonds. The first-order chi connectivity index (χ1) is 10.2. The minimum absolute atomic E-state index is 0.576. The van der Waals surface area contributed by atoms with E-state index < -0.39 is 0 Å². The third kappa shape index (κ3) is 2.09. The molecule has 0 aromatic carbocycles. The van der Waals surface area contributed by atoms with Crippen molar-refractivity contribution in [3.05, 3.63) is 23.6 Å². The summed E-state index contributed by atoms with van der Waals surface area (Å²) in [4.78, 5) is 13.6. The number of anilines is 1. The maximum absolute atomic E-state index is 6.04. The average Bonchev–Trinajstić information content (AvgIpc) is 2.96. The van der Waals surface area contributed by atoms with Gasteiger partial charge in [-0.05, 0) is 13.1 Å². The lowest BCUT2D eigenvalue weighted by Crippen LogP contribution is -2.45. The molecule has 21 heavy (non-hydrogen) atoms. The SMILES string of the molecule is CN1CCN(c2nc3cc(Cl)cnc3n3cnnc23)CC1. The summed E-state index contributed by atoms with van der Waals surface area (Å²) >= 11 is 6.04. The molecular formula is C13H14ClN7. The molecule has 1 aliphatic heterocycles. The van der Waals surface area contributed by atoms with E-state index in [1.54, 1.807) is 12.5 Å². The van der Waals surface area contributed by atoms with Crippen molar-refractivity contribution in [2.24, 2.45) is 0 Å². The predicted octanol–water partition coefficient (Wildman–Crippen LogP) is 1.08. The molecule has 0 unspecified atom stereocenters. The lowest BCUT2D eigenvalue weighted by molar-refractivity contribution is 0.312. The number of halogens is 1. The van der Waals surface area contributed by atoms with Crippen LogP contribution in [0.3, 0.4) is 0 Å². The fourth-order valence-electron chi connectivity index (χ4n) is 2.63. The summed E-state index contributed by atoms with van der Waals surface area (Å²) in [5.74, 6) is 0.845. The molecule has 8 heteroatoms. The highest BCUT2D eigenvalue weighted by molar-refractivity contribution is 6.31. The molecule has 0 aliphatic carbocycles. The van der Waals surface area contributed by atoms with Gasteiger partial charge in [-0.25, -0.2) is 9.97 Å². The quantitative estimate of drug-likeness (QED) is 0.670. The molecule has 108 valence electrons. The molecule has 4 rings (SSSR count). The van der Waals surface area contributed by atoms with Crippen molar-refractivity contribution < 1.29 is 0 Å². The van der Waals surface area contributed by atoms with Crippen molar-refractivity contribution in [2.45, 2.75) is 0 Å². The van der Waals surface area contributed by atoms with Crippen LogP contribution in [0.2, 0.25) is 5.02 Å². The van der Waals surface area contributed by atoms with E-state index >= 15 is 0 Å². The Morgan fingerprint density at radius 2 is 1.95 bits per heavy atom. The number of nitrogens with zero attached hydrogens (tertiary/aromatic N) is 7. The maximum atomic E-state index is 6.04. The molecule has 4 heterocycles. The van der Waals surface area contributed by atoms with Crippen LogP contribution in [0.15, 0.2) is 18.6 Å². The van der Waals surface area contributed by atoms with Gasteiger partial charge in [-0.3, -0.25) is 4.40 Å². The van der Waals surface area contributed by atoms with Gasteiger partial charge in [0.05, 0.1) is 5.02 Å². The van der Waals surface area contributed by atoms with Crippen LogP contribution in [-0.2, 0) is 0 Å². The van der Waals surface area contributed by atoms with Gasteiger partial charge in [-0.15, -0.1) is 10.2 Å². The minimum Gasteiger partial charge on any atom is -0.351 e. The Bertz CT molecular complexity index is 807. The van der Waals surface area contributed by atoms with E-state index in [-0.39, 0.29) is 0 Å². The van der Waals surface area contributed by atoms with Gasteiger partial charge >= 0.3 is 0 Å². The first-order valence-electron chi connectivity index (χ1n) is 6.81. The number of hydrogen-bond donors (Lipinski definition) is 0. The first-order valence-corrected chi connectivity index (χ1v) is 7.18. The number of fused-ring (bicyclic) bond motifs is 3. The third-order valence-electron chi connectivity index (χ3n) is 3.82. The second-order valence-electron chi connectivity index (χ2n) is 5.25. The van der Waals surface area contributed by atoms with Gasteiger partial charge in [-0.2, -0.15) is 0 Å². The van der Waals surface area contributed by atoms with Crippen LogP contribution in [0.4, 0.5) is 5.82 Å². The molecule has 0 bridgehead atoms. The van der Waals surface area contributed by atoms with Gasteiger partial charge < -0.3 is 9.80 Å². The van der Waals surface area contributed by atoms with Gasteiger partial charge in [0.25, 0.3) is 0 Å². The smallest absolute Gasteiger partial charge is 0.205 e. The molecule has 0 N–H and O–H groups in total. The highest BCUT2D eigenvalue weighted by atomic mass is 35.5. The Morgan fingerprint density at radius 3 is 2.76 bits per heavy atom. The highest BCUT2D eigenvalue weighted by Gasteiger charge is 2.20. The fourth-order valence-corrected chi connectivity index (χ4v) is 2.78. The lowest BCUT2D eigenvalue weighted by atomic mass is 10.3. The third-order valence-corrected chi connectivity index (χ3v) is 4.03. The summed E-state index contributed by atoms with van der Waals surface area (Å²) in [5, 5.41) is 8.79. The number of pyridine rings is 1. The van der Waals surface area contributed by atoms with Crippen molar-refractivity contribution in [1.82, 2.24) is 29.5 Å². The van der Waals surface area contributed by atoms with Crippen LogP contribution in [0.25, 0.3) is 16.8 Å². The maximum Gasteiger partial charge on any atom is 0.205 e. The predicted molar refractivity (Wildman–Crippen MR) is 80.8 cm³/mol. The molecule has 0 spiro atoms. The molecule has 3 aromatic rings. The molecule has 0 atom stereocenters. The topological polar surface area (TPSA) is 62.5 Å². The van der Waals surface area contributed by atoms with E-state index in [1.165, 1.54) is 0 Å². The number of hydrogen-bond acceptors (Lipinski definition) is 6. The molecule has 7 nitrogen and oxygen atoms in total. The van der Waals surface area contributed by atoms with Crippen molar-refractivity contribution in [2.75, 3.05) is 38.1 Å². The van der Waals surface area contributed by atoms with Gasteiger partial charge in [0.15, 0.2) is 11.5 Å². The van der Waals surface area contributed by atoms with Crippen LogP contribution in [0, 0.1) is 0 Å². The minimum atomic E-state index is 0.576. The van der Waals surface area contributed by atoms with Crippen LogP contribution < -0.4 is 4.90 Å². The lowest BCUT2D eigenvalue weighted by Gasteiger charge is -2.33. The zero-order valence-electron chi connectivity index (χ0n) is 11.6. The second kappa shape index (κ2) is 4.78. The standard InChI is InChI=1S/C13H14ClN7/c1-19-2-4-20(5-3-19)12-13-18-16-8-21(13)11-10(17-12)6-9(14)7-15-11/h6-8H,2-5H2,1H3. The Morgan fingerprint density at radius 1 is 1.14 bits per heavy atom. The molecule has 1 saturated heterocycles. The zero-order chi connectivity index (χ0) is 14.4. The van der Waals surface area contributed by atoms with Crippen molar-refractivity contribution in [3.8, 4) is 0 Å². The summed E-state index contributed by atoms with van der Waals surface area (Å²) in [7, 11) is 2.13. The van der Waals surface area contributed by atoms with Gasteiger partial charge in [0.1, 0.15) is 11.8 Å². The van der Waals surface area contributed by atoms with Crippen LogP contribution in [0.1, 0.15) is 0 Å². The summed E-state index contributed by atoms with van der Waals surface area (Å²) in [6, 6.07) is 1.82. The monoisotopic (exact) mass is 303 g/mol. The van der Waals surface area contributed by atoms with Crippen LogP contribution in [0.5, 0.6) is 0 Å². The van der Waals surface area contributed by atoms with Gasteiger partial charge in [0.2, 0.25) is 5.65 Å². The van der Waals surface area contributed by atoms with Gasteiger partial charge in [0, 0.05) is 32.4 Å². The van der Waals surface area contributed by atoms with Crippen molar-refractivity contribution in [3.63, 3.8) is 0 Å². The van der Waals surface area contributed by atoms with Crippen LogP contribution in [-0.4, -0.2) is 62.7 Å². The zero-order valence-corrected chi connectivity index (χ0v) is 12.3. The Balaban J connectivity index is 1.92. The number of likely N-dealkylation sites (N-methyl/N-ethyl adjacent to an activating group) is 1. The van der Waals surface area contributed by atoms with Crippen molar-refractivity contribution >= 4 is 34.2 Å². The molecule has 0 saturated carbocycles. The Hall–Kier alpha value is -1.99. The number of rotatable bonds is 1. The Labute approximate surface area is 126 Å². The second-order valence-corrected chi connectivity index (χ2v) is 5.68. The number of piperazine rings is 1. The molecule has 1 fully saturated rings. The van der Waals surface area contributed by atoms with E-state index in [1.807, 2.05) is 10.5 Å². The van der Waals surface area contributed by atoms with E-state index in [0.29, 0.717) is 5.02 Å². The van der Waals surface area contributed by atoms with Crippen LogP contribution >= 0.6 is 11.6 Å². The largest absolute Gasteiger partial charge is 0.351 e. The summed E-state index contributed by atoms with van der Waals surface area (Å²) in [6.45, 7) is 3.86. The van der Waals surface area contributed by atoms with E-state index in [4.69, 9.17) is 16.6 Å². The van der Waals surface area contributed by atoms with E-state index in [9.17, 15) is 0 Å². The summed E-state index contributed by atoms with van der Waals surface area (Å²) in [5.41, 5.74) is 2.21. The normalized spacial score (nSPS) is 17.0. The first kappa shape index (κ1) is 12.7. The molecule has 0 radical (unpaired) electrons. The molecule has 1 aliphatic rings. The van der Waals surface area contributed by atoms with Crippen molar-refractivity contribution in [1.29, 1.82) is 0 Å². The average molecular weight is 304 g/mol.